The fourth-order valence-electron chi connectivity index (χ4n) is 3.36. The van der Waals surface area contributed by atoms with E-state index in [1.165, 1.54) is 12.3 Å². The first-order chi connectivity index (χ1) is 13.7. The highest BCUT2D eigenvalue weighted by Gasteiger charge is 2.19. The number of fused-ring (bicyclic) bond motifs is 1. The van der Waals surface area contributed by atoms with Crippen LogP contribution in [-0.2, 0) is 13.0 Å². The Hall–Kier alpha value is -2.90. The zero-order valence-corrected chi connectivity index (χ0v) is 16.7. The van der Waals surface area contributed by atoms with E-state index < -0.39 is 17.2 Å². The van der Waals surface area contributed by atoms with Crippen LogP contribution in [0.2, 0.25) is 5.02 Å². The first-order valence-corrected chi connectivity index (χ1v) is 9.26. The summed E-state index contributed by atoms with van der Waals surface area (Å²) >= 11 is 5.87. The molecule has 0 aliphatic heterocycles. The molecule has 0 saturated carbocycles. The quantitative estimate of drug-likeness (QED) is 0.642. The van der Waals surface area contributed by atoms with E-state index >= 15 is 0 Å². The van der Waals surface area contributed by atoms with Crippen LogP contribution in [-0.4, -0.2) is 41.5 Å². The lowest BCUT2D eigenvalue weighted by Crippen LogP contribution is -2.22. The highest BCUT2D eigenvalue weighted by atomic mass is 35.5. The van der Waals surface area contributed by atoms with Crippen molar-refractivity contribution >= 4 is 34.2 Å². The number of aromatic nitrogens is 1. The second-order valence-electron chi connectivity index (χ2n) is 6.89. The van der Waals surface area contributed by atoms with Gasteiger partial charge in [0.2, 0.25) is 5.43 Å². The lowest BCUT2D eigenvalue weighted by Gasteiger charge is -2.21. The standard InChI is InChI=1S/C21H20ClFN2O4/c1-24(2)17-10-12(8-13-4-3-5-16(22)18(13)23)9-14-19(17)25(6-7-26)11-15(20(14)27)21(28)29/h3-5,9-11,26H,6-8H2,1-2H3,(H,28,29). The number of carboxylic acids is 1. The third-order valence-electron chi connectivity index (χ3n) is 4.69. The Morgan fingerprint density at radius 1 is 1.28 bits per heavy atom. The number of halogens is 2. The molecule has 6 nitrogen and oxygen atoms in total. The maximum absolute atomic E-state index is 14.4. The summed E-state index contributed by atoms with van der Waals surface area (Å²) in [6, 6.07) is 8.10. The average Bonchev–Trinajstić information content (AvgIpc) is 2.67. The number of rotatable bonds is 6. The fourth-order valence-corrected chi connectivity index (χ4v) is 3.55. The van der Waals surface area contributed by atoms with Crippen LogP contribution in [0.5, 0.6) is 0 Å². The molecule has 0 unspecified atom stereocenters. The molecule has 2 aromatic carbocycles. The monoisotopic (exact) mass is 418 g/mol. The molecule has 2 N–H and O–H groups in total. The summed E-state index contributed by atoms with van der Waals surface area (Å²) in [5.41, 5.74) is 1.15. The van der Waals surface area contributed by atoms with E-state index in [0.717, 1.165) is 0 Å². The number of nitrogens with zero attached hydrogens (tertiary/aromatic N) is 2. The molecule has 0 spiro atoms. The van der Waals surface area contributed by atoms with Crippen molar-refractivity contribution in [3.05, 3.63) is 74.3 Å². The molecule has 3 aromatic rings. The number of carboxylic acid groups (broad SMARTS) is 1. The van der Waals surface area contributed by atoms with Crippen LogP contribution in [0, 0.1) is 5.82 Å². The lowest BCUT2D eigenvalue weighted by molar-refractivity contribution is 0.0694. The fraction of sp³-hybridized carbons (Fsp3) is 0.238. The van der Waals surface area contributed by atoms with Crippen LogP contribution >= 0.6 is 11.6 Å². The Balaban J connectivity index is 2.31. The van der Waals surface area contributed by atoms with Crippen LogP contribution in [0.3, 0.4) is 0 Å². The summed E-state index contributed by atoms with van der Waals surface area (Å²) in [6.07, 6.45) is 1.42. The Morgan fingerprint density at radius 2 is 2.00 bits per heavy atom. The summed E-state index contributed by atoms with van der Waals surface area (Å²) in [4.78, 5) is 26.2. The molecule has 0 amide bonds. The van der Waals surface area contributed by atoms with Gasteiger partial charge in [0.1, 0.15) is 11.4 Å². The number of hydrogen-bond acceptors (Lipinski definition) is 4. The van der Waals surface area contributed by atoms with E-state index in [1.54, 1.807) is 41.8 Å². The van der Waals surface area contributed by atoms with Gasteiger partial charge in [-0.1, -0.05) is 23.7 Å². The maximum atomic E-state index is 14.4. The van der Waals surface area contributed by atoms with Crippen LogP contribution < -0.4 is 10.3 Å². The van der Waals surface area contributed by atoms with E-state index in [4.69, 9.17) is 11.6 Å². The number of pyridine rings is 1. The van der Waals surface area contributed by atoms with Crippen molar-refractivity contribution in [2.75, 3.05) is 25.6 Å². The van der Waals surface area contributed by atoms with Gasteiger partial charge in [-0.25, -0.2) is 9.18 Å². The van der Waals surface area contributed by atoms with Gasteiger partial charge in [0.05, 0.1) is 22.8 Å². The molecule has 0 bridgehead atoms. The molecule has 1 aromatic heterocycles. The Labute approximate surface area is 171 Å². The van der Waals surface area contributed by atoms with Gasteiger partial charge in [-0.15, -0.1) is 0 Å². The SMILES string of the molecule is CN(C)c1cc(Cc2cccc(Cl)c2F)cc2c(=O)c(C(=O)O)cn(CCO)c12. The average molecular weight is 419 g/mol. The molecule has 0 atom stereocenters. The third-order valence-corrected chi connectivity index (χ3v) is 4.98. The van der Waals surface area contributed by atoms with Gasteiger partial charge in [-0.3, -0.25) is 4.79 Å². The second kappa shape index (κ2) is 8.23. The number of carbonyl (C=O) groups is 1. The second-order valence-corrected chi connectivity index (χ2v) is 7.30. The highest BCUT2D eigenvalue weighted by Crippen LogP contribution is 2.29. The van der Waals surface area contributed by atoms with Crippen molar-refractivity contribution in [1.82, 2.24) is 4.57 Å². The Bertz CT molecular complexity index is 1160. The van der Waals surface area contributed by atoms with E-state index in [-0.39, 0.29) is 35.5 Å². The molecule has 1 heterocycles. The minimum atomic E-state index is -1.35. The third kappa shape index (κ3) is 3.97. The summed E-state index contributed by atoms with van der Waals surface area (Å²) in [5, 5.41) is 19.0. The Morgan fingerprint density at radius 3 is 2.62 bits per heavy atom. The molecule has 0 saturated heterocycles. The molecule has 0 radical (unpaired) electrons. The van der Waals surface area contributed by atoms with Gasteiger partial charge in [0.25, 0.3) is 0 Å². The van der Waals surface area contributed by atoms with E-state index in [9.17, 15) is 24.2 Å². The summed E-state index contributed by atoms with van der Waals surface area (Å²) < 4.78 is 15.9. The zero-order valence-electron chi connectivity index (χ0n) is 15.9. The molecule has 3 rings (SSSR count). The molecule has 0 aliphatic carbocycles. The van der Waals surface area contributed by atoms with Gasteiger partial charge in [-0.2, -0.15) is 0 Å². The number of aliphatic hydroxyl groups is 1. The molecular formula is C21H20ClFN2O4. The smallest absolute Gasteiger partial charge is 0.341 e. The van der Waals surface area contributed by atoms with Gasteiger partial charge in [-0.05, 0) is 29.3 Å². The first kappa shape index (κ1) is 20.8. The summed E-state index contributed by atoms with van der Waals surface area (Å²) in [5.74, 6) is -1.88. The minimum absolute atomic E-state index is 0.00888. The number of aliphatic hydroxyl groups excluding tert-OH is 1. The van der Waals surface area contributed by atoms with Gasteiger partial charge < -0.3 is 19.7 Å². The predicted molar refractivity (Wildman–Crippen MR) is 111 cm³/mol. The van der Waals surface area contributed by atoms with E-state index in [2.05, 4.69) is 0 Å². The zero-order chi connectivity index (χ0) is 21.3. The highest BCUT2D eigenvalue weighted by molar-refractivity contribution is 6.30. The van der Waals surface area contributed by atoms with Crippen LogP contribution in [0.4, 0.5) is 10.1 Å². The molecular weight excluding hydrogens is 399 g/mol. The number of hydrogen-bond donors (Lipinski definition) is 2. The van der Waals surface area contributed by atoms with Crippen molar-refractivity contribution in [3.8, 4) is 0 Å². The van der Waals surface area contributed by atoms with Crippen molar-refractivity contribution in [2.45, 2.75) is 13.0 Å². The topological polar surface area (TPSA) is 82.8 Å². The normalized spacial score (nSPS) is 11.1. The molecule has 152 valence electrons. The van der Waals surface area contributed by atoms with Crippen LogP contribution in [0.1, 0.15) is 21.5 Å². The minimum Gasteiger partial charge on any atom is -0.477 e. The van der Waals surface area contributed by atoms with E-state index in [1.807, 2.05) is 6.07 Å². The molecule has 29 heavy (non-hydrogen) atoms. The van der Waals surface area contributed by atoms with Crippen molar-refractivity contribution in [3.63, 3.8) is 0 Å². The van der Waals surface area contributed by atoms with Crippen molar-refractivity contribution < 1.29 is 19.4 Å². The number of aromatic carboxylic acids is 1. The summed E-state index contributed by atoms with van der Waals surface area (Å²) in [6.45, 7) is -0.0977. The largest absolute Gasteiger partial charge is 0.477 e. The number of anilines is 1. The Kier molecular flexibility index (Phi) is 5.91. The number of benzene rings is 2. The van der Waals surface area contributed by atoms with Crippen molar-refractivity contribution in [2.24, 2.45) is 0 Å². The van der Waals surface area contributed by atoms with Gasteiger partial charge in [0, 0.05) is 38.6 Å². The molecule has 0 fully saturated rings. The molecule has 0 aliphatic rings. The van der Waals surface area contributed by atoms with Gasteiger partial charge >= 0.3 is 5.97 Å². The van der Waals surface area contributed by atoms with Crippen LogP contribution in [0.25, 0.3) is 10.9 Å². The van der Waals surface area contributed by atoms with Crippen molar-refractivity contribution in [1.29, 1.82) is 0 Å². The lowest BCUT2D eigenvalue weighted by atomic mass is 9.99. The predicted octanol–water partition coefficient (Wildman–Crippen LogP) is 3.14. The van der Waals surface area contributed by atoms with Gasteiger partial charge in [0.15, 0.2) is 0 Å². The van der Waals surface area contributed by atoms with Crippen LogP contribution in [0.15, 0.2) is 41.3 Å². The first-order valence-electron chi connectivity index (χ1n) is 8.89. The molecule has 8 heteroatoms. The van der Waals surface area contributed by atoms with E-state index in [0.29, 0.717) is 22.3 Å². The maximum Gasteiger partial charge on any atom is 0.341 e. The summed E-state index contributed by atoms with van der Waals surface area (Å²) in [7, 11) is 3.58.